The molecule has 1 aromatic rings. The van der Waals surface area contributed by atoms with Crippen LogP contribution in [0, 0.1) is 10.1 Å². The molecule has 0 fully saturated rings. The zero-order valence-corrected chi connectivity index (χ0v) is 10.3. The van der Waals surface area contributed by atoms with Gasteiger partial charge in [-0.25, -0.2) is 0 Å². The van der Waals surface area contributed by atoms with Crippen molar-refractivity contribution in [1.82, 2.24) is 5.32 Å². The maximum absolute atomic E-state index is 11.7. The fourth-order valence-electron chi connectivity index (χ4n) is 1.30. The summed E-state index contributed by atoms with van der Waals surface area (Å²) in [6.07, 6.45) is 0. The van der Waals surface area contributed by atoms with Crippen molar-refractivity contribution in [3.8, 4) is 5.75 Å². The number of methoxy groups -OCH3 is 2. The van der Waals surface area contributed by atoms with E-state index in [0.29, 0.717) is 0 Å². The lowest BCUT2D eigenvalue weighted by Crippen LogP contribution is -2.30. The number of hydrogen-bond donors (Lipinski definition) is 1. The topological polar surface area (TPSA) is 108 Å². The van der Waals surface area contributed by atoms with Gasteiger partial charge < -0.3 is 14.8 Å². The Morgan fingerprint density at radius 2 is 2.05 bits per heavy atom. The van der Waals surface area contributed by atoms with Gasteiger partial charge in [-0.3, -0.25) is 19.7 Å². The van der Waals surface area contributed by atoms with E-state index in [1.54, 1.807) is 0 Å². The zero-order valence-electron chi connectivity index (χ0n) is 10.3. The van der Waals surface area contributed by atoms with Crippen molar-refractivity contribution in [2.24, 2.45) is 0 Å². The van der Waals surface area contributed by atoms with Crippen LogP contribution in [0.5, 0.6) is 5.75 Å². The highest BCUT2D eigenvalue weighted by molar-refractivity contribution is 5.96. The highest BCUT2D eigenvalue weighted by Gasteiger charge is 2.18. The molecule has 19 heavy (non-hydrogen) atoms. The van der Waals surface area contributed by atoms with E-state index in [2.05, 4.69) is 10.1 Å². The van der Waals surface area contributed by atoms with Crippen molar-refractivity contribution >= 4 is 17.6 Å². The van der Waals surface area contributed by atoms with Gasteiger partial charge in [0.25, 0.3) is 5.91 Å². The number of hydrogen-bond acceptors (Lipinski definition) is 6. The van der Waals surface area contributed by atoms with Crippen LogP contribution in [-0.4, -0.2) is 37.6 Å². The summed E-state index contributed by atoms with van der Waals surface area (Å²) in [5.74, 6) is -1.18. The molecule has 0 heterocycles. The predicted molar refractivity (Wildman–Crippen MR) is 64.0 cm³/mol. The standard InChI is InChI=1S/C11H12N2O6/c1-18-9-4-3-7(5-8(9)13(16)17)11(15)12-6-10(14)19-2/h3-5H,6H2,1-2H3,(H,12,15). The predicted octanol–water partition coefficient (Wildman–Crippen LogP) is 0.506. The van der Waals surface area contributed by atoms with Gasteiger partial charge in [0.2, 0.25) is 0 Å². The first-order chi connectivity index (χ1) is 8.99. The first-order valence-corrected chi connectivity index (χ1v) is 5.17. The Balaban J connectivity index is 2.89. The van der Waals surface area contributed by atoms with Crippen LogP contribution in [0.1, 0.15) is 10.4 Å². The molecule has 102 valence electrons. The average Bonchev–Trinajstić information content (AvgIpc) is 2.43. The third-order valence-electron chi connectivity index (χ3n) is 2.26. The summed E-state index contributed by atoms with van der Waals surface area (Å²) in [4.78, 5) is 32.6. The van der Waals surface area contributed by atoms with E-state index < -0.39 is 16.8 Å². The minimum absolute atomic E-state index is 0.0505. The van der Waals surface area contributed by atoms with Crippen molar-refractivity contribution in [2.75, 3.05) is 20.8 Å². The molecule has 1 aromatic carbocycles. The van der Waals surface area contributed by atoms with Gasteiger partial charge in [-0.05, 0) is 12.1 Å². The SMILES string of the molecule is COC(=O)CNC(=O)c1ccc(OC)c([N+](=O)[O-])c1. The van der Waals surface area contributed by atoms with Gasteiger partial charge in [0.1, 0.15) is 6.54 Å². The van der Waals surface area contributed by atoms with Crippen molar-refractivity contribution in [2.45, 2.75) is 0 Å². The number of nitrogens with zero attached hydrogens (tertiary/aromatic N) is 1. The largest absolute Gasteiger partial charge is 0.490 e. The lowest BCUT2D eigenvalue weighted by molar-refractivity contribution is -0.385. The highest BCUT2D eigenvalue weighted by Crippen LogP contribution is 2.27. The lowest BCUT2D eigenvalue weighted by Gasteiger charge is -2.05. The second-order valence-electron chi connectivity index (χ2n) is 3.40. The van der Waals surface area contributed by atoms with E-state index in [1.807, 2.05) is 0 Å². The molecular formula is C11H12N2O6. The van der Waals surface area contributed by atoms with Crippen molar-refractivity contribution in [1.29, 1.82) is 0 Å². The molecule has 8 nitrogen and oxygen atoms in total. The molecule has 0 aromatic heterocycles. The second-order valence-corrected chi connectivity index (χ2v) is 3.40. The quantitative estimate of drug-likeness (QED) is 0.473. The fraction of sp³-hybridized carbons (Fsp3) is 0.273. The molecule has 0 bridgehead atoms. The van der Waals surface area contributed by atoms with Crippen LogP contribution in [-0.2, 0) is 9.53 Å². The van der Waals surface area contributed by atoms with E-state index in [1.165, 1.54) is 26.4 Å². The summed E-state index contributed by atoms with van der Waals surface area (Å²) in [5.41, 5.74) is -0.273. The number of nitrogens with one attached hydrogen (secondary N) is 1. The number of ether oxygens (including phenoxy) is 2. The number of rotatable bonds is 5. The van der Waals surface area contributed by atoms with Crippen molar-refractivity contribution in [3.05, 3.63) is 33.9 Å². The Hall–Kier alpha value is -2.64. The Labute approximate surface area is 108 Å². The number of carbonyl (C=O) groups excluding carboxylic acids is 2. The Morgan fingerprint density at radius 3 is 2.58 bits per heavy atom. The van der Waals surface area contributed by atoms with Gasteiger partial charge in [-0.1, -0.05) is 0 Å². The average molecular weight is 268 g/mol. The first kappa shape index (κ1) is 14.4. The molecule has 0 radical (unpaired) electrons. The summed E-state index contributed by atoms with van der Waals surface area (Å²) >= 11 is 0. The minimum Gasteiger partial charge on any atom is -0.490 e. The van der Waals surface area contributed by atoms with Crippen LogP contribution >= 0.6 is 0 Å². The number of carbonyl (C=O) groups is 2. The van der Waals surface area contributed by atoms with Gasteiger partial charge in [-0.15, -0.1) is 0 Å². The molecule has 1 rings (SSSR count). The summed E-state index contributed by atoms with van der Waals surface area (Å²) in [5, 5.41) is 13.1. The third kappa shape index (κ3) is 3.66. The number of esters is 1. The highest BCUT2D eigenvalue weighted by atomic mass is 16.6. The maximum Gasteiger partial charge on any atom is 0.325 e. The van der Waals surface area contributed by atoms with Crippen molar-refractivity contribution < 1.29 is 24.0 Å². The molecule has 1 N–H and O–H groups in total. The zero-order chi connectivity index (χ0) is 14.4. The smallest absolute Gasteiger partial charge is 0.325 e. The van der Waals surface area contributed by atoms with Crippen LogP contribution < -0.4 is 10.1 Å². The number of amides is 1. The van der Waals surface area contributed by atoms with Gasteiger partial charge in [-0.2, -0.15) is 0 Å². The van der Waals surface area contributed by atoms with E-state index in [9.17, 15) is 19.7 Å². The summed E-state index contributed by atoms with van der Waals surface area (Å²) < 4.78 is 9.16. The second kappa shape index (κ2) is 6.34. The van der Waals surface area contributed by atoms with Gasteiger partial charge in [0.05, 0.1) is 19.1 Å². The molecule has 0 aliphatic heterocycles. The van der Waals surface area contributed by atoms with Crippen LogP contribution in [0.2, 0.25) is 0 Å². The molecular weight excluding hydrogens is 256 g/mol. The van der Waals surface area contributed by atoms with E-state index >= 15 is 0 Å². The molecule has 0 unspecified atom stereocenters. The summed E-state index contributed by atoms with van der Waals surface area (Å²) in [6, 6.07) is 3.75. The van der Waals surface area contributed by atoms with Crippen LogP contribution in [0.3, 0.4) is 0 Å². The molecule has 0 saturated heterocycles. The molecule has 8 heteroatoms. The van der Waals surface area contributed by atoms with Crippen LogP contribution in [0.15, 0.2) is 18.2 Å². The Bertz CT molecular complexity index is 514. The lowest BCUT2D eigenvalue weighted by atomic mass is 10.1. The summed E-state index contributed by atoms with van der Waals surface area (Å²) in [6.45, 7) is -0.310. The van der Waals surface area contributed by atoms with Crippen LogP contribution in [0.4, 0.5) is 5.69 Å². The fourth-order valence-corrected chi connectivity index (χ4v) is 1.30. The third-order valence-corrected chi connectivity index (χ3v) is 2.26. The maximum atomic E-state index is 11.7. The Kier molecular flexibility index (Phi) is 4.81. The molecule has 0 spiro atoms. The van der Waals surface area contributed by atoms with E-state index in [-0.39, 0.29) is 23.5 Å². The molecule has 0 aliphatic rings. The molecule has 0 aliphatic carbocycles. The van der Waals surface area contributed by atoms with Crippen molar-refractivity contribution in [3.63, 3.8) is 0 Å². The molecule has 0 saturated carbocycles. The van der Waals surface area contributed by atoms with E-state index in [4.69, 9.17) is 4.74 Å². The van der Waals surface area contributed by atoms with Crippen LogP contribution in [0.25, 0.3) is 0 Å². The first-order valence-electron chi connectivity index (χ1n) is 5.17. The van der Waals surface area contributed by atoms with Gasteiger partial charge >= 0.3 is 11.7 Å². The summed E-state index contributed by atoms with van der Waals surface area (Å²) in [7, 11) is 2.48. The number of nitro benzene ring substituents is 1. The molecule has 1 amide bonds. The van der Waals surface area contributed by atoms with Gasteiger partial charge in [0, 0.05) is 11.6 Å². The number of benzene rings is 1. The van der Waals surface area contributed by atoms with Gasteiger partial charge in [0.15, 0.2) is 5.75 Å². The monoisotopic (exact) mass is 268 g/mol. The normalized spacial score (nSPS) is 9.58. The molecule has 0 atom stereocenters. The van der Waals surface area contributed by atoms with E-state index in [0.717, 1.165) is 6.07 Å². The number of nitro groups is 1. The Morgan fingerprint density at radius 1 is 1.37 bits per heavy atom. The minimum atomic E-state index is -0.657.